The molecule has 8 atom stereocenters. The molecule has 0 bridgehead atoms. The SMILES string of the molecule is C=CCO.CC.CC(C)(C)OC(=O)N[C@]12CCC[C@@H]1[C@H]1CCC3[C@@](C)(CCC4C(C)(C)C(c5ccc(C(=O)O)c(F)c5)=CC[C@@]43C)C1CC2. The maximum absolute atomic E-state index is 14.8. The summed E-state index contributed by atoms with van der Waals surface area (Å²) >= 11 is 0. The molecular formula is C42H64FNO5. The van der Waals surface area contributed by atoms with Gasteiger partial charge in [0.15, 0.2) is 0 Å². The van der Waals surface area contributed by atoms with Gasteiger partial charge in [-0.1, -0.05) is 66.2 Å². The number of carboxylic acids is 1. The third-order valence-corrected chi connectivity index (χ3v) is 13.5. The number of aromatic carboxylic acids is 1. The highest BCUT2D eigenvalue weighted by Crippen LogP contribution is 2.72. The fourth-order valence-electron chi connectivity index (χ4n) is 11.9. The van der Waals surface area contributed by atoms with E-state index in [1.165, 1.54) is 56.7 Å². The van der Waals surface area contributed by atoms with Crippen LogP contribution in [0.4, 0.5) is 9.18 Å². The van der Waals surface area contributed by atoms with Gasteiger partial charge < -0.3 is 20.3 Å². The zero-order valence-electron chi connectivity index (χ0n) is 31.8. The fraction of sp³-hybridized carbons (Fsp3) is 0.714. The minimum absolute atomic E-state index is 0.0833. The summed E-state index contributed by atoms with van der Waals surface area (Å²) in [5.41, 5.74) is 1.36. The van der Waals surface area contributed by atoms with Crippen LogP contribution in [-0.2, 0) is 4.74 Å². The van der Waals surface area contributed by atoms with Crippen LogP contribution < -0.4 is 5.32 Å². The summed E-state index contributed by atoms with van der Waals surface area (Å²) in [4.78, 5) is 24.4. The number of hydrogen-bond acceptors (Lipinski definition) is 4. The van der Waals surface area contributed by atoms with E-state index in [0.29, 0.717) is 29.6 Å². The first-order valence-electron chi connectivity index (χ1n) is 18.9. The lowest BCUT2D eigenvalue weighted by Crippen LogP contribution is -2.64. The Morgan fingerprint density at radius 2 is 1.65 bits per heavy atom. The van der Waals surface area contributed by atoms with E-state index < -0.39 is 17.4 Å². The maximum atomic E-state index is 14.8. The number of benzene rings is 1. The number of carbonyl (C=O) groups is 2. The van der Waals surface area contributed by atoms with Crippen molar-refractivity contribution < 1.29 is 28.9 Å². The van der Waals surface area contributed by atoms with Gasteiger partial charge in [0, 0.05) is 5.54 Å². The highest BCUT2D eigenvalue weighted by molar-refractivity contribution is 5.88. The Morgan fingerprint density at radius 1 is 0.980 bits per heavy atom. The molecule has 0 saturated heterocycles. The van der Waals surface area contributed by atoms with Crippen molar-refractivity contribution in [2.24, 2.45) is 45.8 Å². The second kappa shape index (κ2) is 14.5. The van der Waals surface area contributed by atoms with Gasteiger partial charge >= 0.3 is 12.1 Å². The lowest BCUT2D eigenvalue weighted by Gasteiger charge is -2.68. The third kappa shape index (κ3) is 7.12. The van der Waals surface area contributed by atoms with E-state index >= 15 is 0 Å². The van der Waals surface area contributed by atoms with E-state index in [4.69, 9.17) is 9.84 Å². The molecule has 1 aromatic carbocycles. The number of alkyl carbamates (subject to hydrolysis) is 1. The molecule has 6 nitrogen and oxygen atoms in total. The monoisotopic (exact) mass is 681 g/mol. The number of fused-ring (bicyclic) bond motifs is 7. The Morgan fingerprint density at radius 3 is 2.24 bits per heavy atom. The average molecular weight is 682 g/mol. The van der Waals surface area contributed by atoms with Gasteiger partial charge in [-0.05, 0) is 148 Å². The molecule has 4 fully saturated rings. The number of rotatable bonds is 4. The molecule has 0 aliphatic heterocycles. The smallest absolute Gasteiger partial charge is 0.408 e. The highest BCUT2D eigenvalue weighted by atomic mass is 19.1. The van der Waals surface area contributed by atoms with Gasteiger partial charge in [0.05, 0.1) is 12.2 Å². The molecule has 4 saturated carbocycles. The molecule has 6 rings (SSSR count). The van der Waals surface area contributed by atoms with Crippen LogP contribution in [0.1, 0.15) is 142 Å². The zero-order valence-corrected chi connectivity index (χ0v) is 31.8. The van der Waals surface area contributed by atoms with Gasteiger partial charge in [0.1, 0.15) is 11.4 Å². The van der Waals surface area contributed by atoms with Crippen LogP contribution in [0.2, 0.25) is 0 Å². The van der Waals surface area contributed by atoms with Gasteiger partial charge in [0.2, 0.25) is 0 Å². The Labute approximate surface area is 295 Å². The molecule has 3 unspecified atom stereocenters. The molecule has 1 amide bonds. The molecule has 0 aromatic heterocycles. The molecule has 0 heterocycles. The van der Waals surface area contributed by atoms with Crippen LogP contribution in [0, 0.1) is 51.7 Å². The second-order valence-corrected chi connectivity index (χ2v) is 17.3. The number of carboxylic acid groups (broad SMARTS) is 1. The van der Waals surface area contributed by atoms with Crippen LogP contribution in [0.25, 0.3) is 5.57 Å². The summed E-state index contributed by atoms with van der Waals surface area (Å²) in [5.74, 6) is 1.05. The molecule has 0 spiro atoms. The minimum Gasteiger partial charge on any atom is -0.478 e. The van der Waals surface area contributed by atoms with Crippen molar-refractivity contribution >= 4 is 17.6 Å². The van der Waals surface area contributed by atoms with E-state index in [1.807, 2.05) is 34.6 Å². The first kappa shape index (κ1) is 39.1. The Kier molecular flexibility index (Phi) is 11.6. The van der Waals surface area contributed by atoms with Gasteiger partial charge in [-0.25, -0.2) is 14.0 Å². The number of hydrogen-bond donors (Lipinski definition) is 3. The number of aliphatic hydroxyl groups is 1. The largest absolute Gasteiger partial charge is 0.478 e. The van der Waals surface area contributed by atoms with E-state index in [-0.39, 0.29) is 40.0 Å². The van der Waals surface area contributed by atoms with Crippen molar-refractivity contribution in [1.82, 2.24) is 5.32 Å². The van der Waals surface area contributed by atoms with E-state index in [1.54, 1.807) is 6.07 Å². The summed E-state index contributed by atoms with van der Waals surface area (Å²) < 4.78 is 20.5. The third-order valence-electron chi connectivity index (χ3n) is 13.5. The summed E-state index contributed by atoms with van der Waals surface area (Å²) in [6, 6.07) is 4.64. The Hall–Kier alpha value is -2.67. The Balaban J connectivity index is 0.000000841. The number of halogens is 1. The summed E-state index contributed by atoms with van der Waals surface area (Å²) in [6.07, 6.45) is 15.0. The van der Waals surface area contributed by atoms with Gasteiger partial charge in [0.25, 0.3) is 0 Å². The molecule has 0 radical (unpaired) electrons. The lowest BCUT2D eigenvalue weighted by molar-refractivity contribution is -0.172. The summed E-state index contributed by atoms with van der Waals surface area (Å²) in [7, 11) is 0. The van der Waals surface area contributed by atoms with Gasteiger partial charge in [-0.3, -0.25) is 0 Å². The zero-order chi connectivity index (χ0) is 36.6. The molecule has 5 aliphatic carbocycles. The number of carbonyl (C=O) groups excluding carboxylic acids is 1. The number of amides is 1. The number of allylic oxidation sites excluding steroid dienone is 2. The number of nitrogens with one attached hydrogen (secondary N) is 1. The number of ether oxygens (including phenoxy) is 1. The number of aliphatic hydroxyl groups excluding tert-OH is 1. The predicted octanol–water partition coefficient (Wildman–Crippen LogP) is 10.5. The van der Waals surface area contributed by atoms with Crippen molar-refractivity contribution in [3.63, 3.8) is 0 Å². The van der Waals surface area contributed by atoms with Crippen molar-refractivity contribution in [2.45, 2.75) is 138 Å². The van der Waals surface area contributed by atoms with Crippen molar-refractivity contribution in [1.29, 1.82) is 0 Å². The molecular weight excluding hydrogens is 617 g/mol. The molecule has 49 heavy (non-hydrogen) atoms. The molecule has 3 N–H and O–H groups in total. The molecule has 7 heteroatoms. The van der Waals surface area contributed by atoms with Crippen LogP contribution in [0.5, 0.6) is 0 Å². The second-order valence-electron chi connectivity index (χ2n) is 17.3. The van der Waals surface area contributed by atoms with E-state index in [0.717, 1.165) is 36.8 Å². The predicted molar refractivity (Wildman–Crippen MR) is 196 cm³/mol. The first-order chi connectivity index (χ1) is 22.9. The van der Waals surface area contributed by atoms with Crippen LogP contribution >= 0.6 is 0 Å². The molecule has 274 valence electrons. The van der Waals surface area contributed by atoms with Crippen LogP contribution in [0.15, 0.2) is 36.9 Å². The molecule has 5 aliphatic rings. The van der Waals surface area contributed by atoms with E-state index in [2.05, 4.69) is 45.7 Å². The van der Waals surface area contributed by atoms with E-state index in [9.17, 15) is 19.1 Å². The van der Waals surface area contributed by atoms with Gasteiger partial charge in [-0.2, -0.15) is 0 Å². The topological polar surface area (TPSA) is 95.9 Å². The standard InChI is InChI=1S/C37H52FNO4.C3H6O.C2H6/c1-33(2,3)43-32(42)39-37-17-8-9-27(37)23-12-13-30-35(6,26(23)15-20-37)19-16-29-34(4,5)25(14-18-36(29,30)7)22-10-11-24(31(40)41)28(38)21-22;1-2-3-4;1-2/h10-11,14,21,23,26-27,29-30H,8-9,12-13,15-20H2,1-7H3,(H,39,42)(H,40,41);2,4H,1,3H2;1-2H3/t23-,26?,27+,29?,30?,35-,36-,37-;;/m0../s1. The highest BCUT2D eigenvalue weighted by Gasteiger charge is 2.65. The summed E-state index contributed by atoms with van der Waals surface area (Å²) in [5, 5.41) is 20.5. The van der Waals surface area contributed by atoms with Gasteiger partial charge in [-0.15, -0.1) is 6.58 Å². The van der Waals surface area contributed by atoms with Crippen molar-refractivity contribution in [3.05, 3.63) is 53.9 Å². The maximum Gasteiger partial charge on any atom is 0.408 e. The fourth-order valence-corrected chi connectivity index (χ4v) is 11.9. The van der Waals surface area contributed by atoms with Crippen LogP contribution in [-0.4, -0.2) is 40.0 Å². The minimum atomic E-state index is -1.23. The Bertz CT molecular complexity index is 1410. The summed E-state index contributed by atoms with van der Waals surface area (Å²) in [6.45, 7) is 22.9. The van der Waals surface area contributed by atoms with Crippen molar-refractivity contribution in [3.8, 4) is 0 Å². The first-order valence-corrected chi connectivity index (χ1v) is 18.9. The quantitative estimate of drug-likeness (QED) is 0.275. The lowest BCUT2D eigenvalue weighted by atomic mass is 9.37. The average Bonchev–Trinajstić information content (AvgIpc) is 3.44. The van der Waals surface area contributed by atoms with Crippen LogP contribution in [0.3, 0.4) is 0 Å². The normalized spacial score (nSPS) is 35.6. The van der Waals surface area contributed by atoms with Crippen molar-refractivity contribution in [2.75, 3.05) is 6.61 Å². The molecule has 1 aromatic rings.